The molecular formula is C18H28N4O2. The Kier molecular flexibility index (Phi) is 5.93. The highest BCUT2D eigenvalue weighted by Gasteiger charge is 2.19. The van der Waals surface area contributed by atoms with Crippen LogP contribution in [0.5, 0.6) is 5.75 Å². The second kappa shape index (κ2) is 8.35. The molecule has 132 valence electrons. The molecule has 0 saturated carbocycles. The summed E-state index contributed by atoms with van der Waals surface area (Å²) in [6.07, 6.45) is 2.19. The molecule has 2 aliphatic rings. The molecule has 1 aromatic carbocycles. The zero-order chi connectivity index (χ0) is 16.8. The van der Waals surface area contributed by atoms with Gasteiger partial charge < -0.3 is 19.9 Å². The predicted molar refractivity (Wildman–Crippen MR) is 95.7 cm³/mol. The van der Waals surface area contributed by atoms with Crippen molar-refractivity contribution in [1.29, 1.82) is 0 Å². The predicted octanol–water partition coefficient (Wildman–Crippen LogP) is 1.94. The van der Waals surface area contributed by atoms with Gasteiger partial charge in [0, 0.05) is 45.8 Å². The van der Waals surface area contributed by atoms with Crippen molar-refractivity contribution in [3.05, 3.63) is 24.3 Å². The van der Waals surface area contributed by atoms with Crippen molar-refractivity contribution in [3.63, 3.8) is 0 Å². The Labute approximate surface area is 144 Å². The number of piperazine rings is 1. The van der Waals surface area contributed by atoms with Crippen molar-refractivity contribution in [2.45, 2.75) is 12.8 Å². The fourth-order valence-corrected chi connectivity index (χ4v) is 3.17. The van der Waals surface area contributed by atoms with Crippen molar-refractivity contribution in [2.24, 2.45) is 0 Å². The molecule has 0 aliphatic carbocycles. The molecule has 0 atom stereocenters. The first kappa shape index (κ1) is 17.0. The van der Waals surface area contributed by atoms with E-state index in [2.05, 4.69) is 22.2 Å². The summed E-state index contributed by atoms with van der Waals surface area (Å²) in [5.41, 5.74) is 0.757. The standard InChI is InChI=1S/C18H28N4O2/c1-20-10-12-21(13-11-20)14-15-24-17-7-3-2-6-16(17)19-18(23)22-8-4-5-9-22/h2-3,6-7H,4-5,8-15H2,1H3,(H,19,23). The van der Waals surface area contributed by atoms with E-state index < -0.39 is 0 Å². The summed E-state index contributed by atoms with van der Waals surface area (Å²) in [4.78, 5) is 18.9. The van der Waals surface area contributed by atoms with Gasteiger partial charge in [-0.1, -0.05) is 12.1 Å². The van der Waals surface area contributed by atoms with Gasteiger partial charge in [-0.25, -0.2) is 4.79 Å². The monoisotopic (exact) mass is 332 g/mol. The van der Waals surface area contributed by atoms with E-state index in [1.807, 2.05) is 29.2 Å². The van der Waals surface area contributed by atoms with Gasteiger partial charge in [0.2, 0.25) is 0 Å². The van der Waals surface area contributed by atoms with Gasteiger partial charge in [0.15, 0.2) is 0 Å². The first-order valence-electron chi connectivity index (χ1n) is 8.91. The number of rotatable bonds is 5. The molecule has 0 unspecified atom stereocenters. The third-order valence-corrected chi connectivity index (χ3v) is 4.78. The van der Waals surface area contributed by atoms with Crippen LogP contribution in [-0.2, 0) is 0 Å². The van der Waals surface area contributed by atoms with Crippen LogP contribution in [0.4, 0.5) is 10.5 Å². The number of ether oxygens (including phenoxy) is 1. The van der Waals surface area contributed by atoms with Gasteiger partial charge in [0.1, 0.15) is 12.4 Å². The number of nitrogens with zero attached hydrogens (tertiary/aromatic N) is 3. The highest BCUT2D eigenvalue weighted by atomic mass is 16.5. The number of hydrogen-bond donors (Lipinski definition) is 1. The van der Waals surface area contributed by atoms with Crippen LogP contribution in [0.2, 0.25) is 0 Å². The quantitative estimate of drug-likeness (QED) is 0.895. The lowest BCUT2D eigenvalue weighted by atomic mass is 10.3. The smallest absolute Gasteiger partial charge is 0.321 e. The summed E-state index contributed by atoms with van der Waals surface area (Å²) in [5.74, 6) is 0.749. The van der Waals surface area contributed by atoms with Gasteiger partial charge >= 0.3 is 6.03 Å². The van der Waals surface area contributed by atoms with Gasteiger partial charge in [-0.3, -0.25) is 4.90 Å². The Bertz CT molecular complexity index is 538. The van der Waals surface area contributed by atoms with Crippen LogP contribution in [0.25, 0.3) is 0 Å². The number of urea groups is 1. The summed E-state index contributed by atoms with van der Waals surface area (Å²) >= 11 is 0. The first-order valence-corrected chi connectivity index (χ1v) is 8.91. The summed E-state index contributed by atoms with van der Waals surface area (Å²) < 4.78 is 5.94. The Hall–Kier alpha value is -1.79. The second-order valence-electron chi connectivity index (χ2n) is 6.61. The van der Waals surface area contributed by atoms with E-state index in [0.717, 1.165) is 70.1 Å². The maximum atomic E-state index is 12.3. The summed E-state index contributed by atoms with van der Waals surface area (Å²) in [6.45, 7) is 7.66. The van der Waals surface area contributed by atoms with Gasteiger partial charge in [0.05, 0.1) is 5.69 Å². The van der Waals surface area contributed by atoms with Crippen LogP contribution < -0.4 is 10.1 Å². The molecule has 2 fully saturated rings. The number of likely N-dealkylation sites (N-methyl/N-ethyl adjacent to an activating group) is 1. The molecule has 1 N–H and O–H groups in total. The number of carbonyl (C=O) groups excluding carboxylic acids is 1. The topological polar surface area (TPSA) is 48.1 Å². The molecule has 1 aromatic rings. The van der Waals surface area contributed by atoms with Gasteiger partial charge in [-0.05, 0) is 32.0 Å². The van der Waals surface area contributed by atoms with E-state index >= 15 is 0 Å². The molecule has 24 heavy (non-hydrogen) atoms. The third kappa shape index (κ3) is 4.61. The molecule has 2 heterocycles. The second-order valence-corrected chi connectivity index (χ2v) is 6.61. The average molecular weight is 332 g/mol. The molecule has 2 amide bonds. The van der Waals surface area contributed by atoms with Crippen molar-refractivity contribution in [3.8, 4) is 5.75 Å². The molecule has 6 heteroatoms. The van der Waals surface area contributed by atoms with E-state index in [1.165, 1.54) is 0 Å². The number of amides is 2. The van der Waals surface area contributed by atoms with E-state index in [-0.39, 0.29) is 6.03 Å². The summed E-state index contributed by atoms with van der Waals surface area (Å²) in [7, 11) is 2.16. The fourth-order valence-electron chi connectivity index (χ4n) is 3.17. The minimum atomic E-state index is -0.0254. The highest BCUT2D eigenvalue weighted by Crippen LogP contribution is 2.24. The average Bonchev–Trinajstić information content (AvgIpc) is 3.13. The zero-order valence-corrected chi connectivity index (χ0v) is 14.5. The number of carbonyl (C=O) groups is 1. The molecule has 2 saturated heterocycles. The Morgan fingerprint density at radius 2 is 1.79 bits per heavy atom. The van der Waals surface area contributed by atoms with Crippen LogP contribution in [0.15, 0.2) is 24.3 Å². The van der Waals surface area contributed by atoms with Crippen LogP contribution in [0, 0.1) is 0 Å². The zero-order valence-electron chi connectivity index (χ0n) is 14.5. The minimum absolute atomic E-state index is 0.0254. The Balaban J connectivity index is 1.49. The first-order chi connectivity index (χ1) is 11.7. The molecule has 0 radical (unpaired) electrons. The van der Waals surface area contributed by atoms with E-state index in [1.54, 1.807) is 0 Å². The van der Waals surface area contributed by atoms with Crippen LogP contribution in [0.3, 0.4) is 0 Å². The van der Waals surface area contributed by atoms with Crippen molar-refractivity contribution in [2.75, 3.05) is 64.8 Å². The largest absolute Gasteiger partial charge is 0.490 e. The summed E-state index contributed by atoms with van der Waals surface area (Å²) in [5, 5.41) is 2.99. The van der Waals surface area contributed by atoms with Gasteiger partial charge in [-0.15, -0.1) is 0 Å². The van der Waals surface area contributed by atoms with Crippen LogP contribution in [-0.4, -0.2) is 80.2 Å². The molecule has 0 spiro atoms. The lowest BCUT2D eigenvalue weighted by Crippen LogP contribution is -2.45. The molecule has 2 aliphatic heterocycles. The molecule has 3 rings (SSSR count). The van der Waals surface area contributed by atoms with Gasteiger partial charge in [0.25, 0.3) is 0 Å². The van der Waals surface area contributed by atoms with Gasteiger partial charge in [-0.2, -0.15) is 0 Å². The maximum Gasteiger partial charge on any atom is 0.321 e. The van der Waals surface area contributed by atoms with E-state index in [0.29, 0.717) is 6.61 Å². The number of hydrogen-bond acceptors (Lipinski definition) is 4. The van der Waals surface area contributed by atoms with E-state index in [4.69, 9.17) is 4.74 Å². The Morgan fingerprint density at radius 1 is 1.08 bits per heavy atom. The SMILES string of the molecule is CN1CCN(CCOc2ccccc2NC(=O)N2CCCC2)CC1. The van der Waals surface area contributed by atoms with Crippen molar-refractivity contribution < 1.29 is 9.53 Å². The van der Waals surface area contributed by atoms with Crippen molar-refractivity contribution in [1.82, 2.24) is 14.7 Å². The number of anilines is 1. The molecule has 0 bridgehead atoms. The Morgan fingerprint density at radius 3 is 2.54 bits per heavy atom. The highest BCUT2D eigenvalue weighted by molar-refractivity contribution is 5.91. The van der Waals surface area contributed by atoms with Crippen LogP contribution >= 0.6 is 0 Å². The number of benzene rings is 1. The third-order valence-electron chi connectivity index (χ3n) is 4.78. The number of nitrogens with one attached hydrogen (secondary N) is 1. The van der Waals surface area contributed by atoms with Crippen molar-refractivity contribution >= 4 is 11.7 Å². The molecule has 0 aromatic heterocycles. The number of likely N-dealkylation sites (tertiary alicyclic amines) is 1. The van der Waals surface area contributed by atoms with E-state index in [9.17, 15) is 4.79 Å². The molecule has 6 nitrogen and oxygen atoms in total. The minimum Gasteiger partial charge on any atom is -0.490 e. The van der Waals surface area contributed by atoms with Crippen LogP contribution in [0.1, 0.15) is 12.8 Å². The molecular weight excluding hydrogens is 304 g/mol. The lowest BCUT2D eigenvalue weighted by Gasteiger charge is -2.32. The maximum absolute atomic E-state index is 12.3. The summed E-state index contributed by atoms with van der Waals surface area (Å²) in [6, 6.07) is 7.66. The normalized spacial score (nSPS) is 19.5. The number of para-hydroxylation sites is 2. The lowest BCUT2D eigenvalue weighted by molar-refractivity contribution is 0.134. The fraction of sp³-hybridized carbons (Fsp3) is 0.611.